The molecule has 0 atom stereocenters. The molecule has 0 amide bonds. The average molecular weight is 482 g/mol. The summed E-state index contributed by atoms with van der Waals surface area (Å²) in [6, 6.07) is 18.9. The molecule has 1 aliphatic heterocycles. The smallest absolute Gasteiger partial charge is 0.363 e. The number of carbonyl (C=O) groups excluding carboxylic acids is 2. The number of hydrogen-bond donors (Lipinski definition) is 0. The third-order valence-electron chi connectivity index (χ3n) is 4.72. The first-order valence-electron chi connectivity index (χ1n) is 9.82. The molecule has 0 saturated heterocycles. The average Bonchev–Trinajstić information content (AvgIpc) is 3.18. The van der Waals surface area contributed by atoms with E-state index in [0.717, 1.165) is 0 Å². The van der Waals surface area contributed by atoms with Crippen LogP contribution in [0.4, 0.5) is 0 Å². The number of ketones is 1. The molecule has 0 aliphatic carbocycles. The molecule has 0 spiro atoms. The van der Waals surface area contributed by atoms with Crippen LogP contribution in [0.5, 0.6) is 11.5 Å². The minimum atomic E-state index is -0.617. The van der Waals surface area contributed by atoms with Gasteiger partial charge in [-0.2, -0.15) is 0 Å². The Morgan fingerprint density at radius 3 is 2.48 bits per heavy atom. The van der Waals surface area contributed by atoms with Crippen molar-refractivity contribution in [1.82, 2.24) is 0 Å². The van der Waals surface area contributed by atoms with Crippen molar-refractivity contribution in [3.8, 4) is 11.5 Å². The lowest BCUT2D eigenvalue weighted by atomic mass is 10.1. The second-order valence-electron chi connectivity index (χ2n) is 6.93. The van der Waals surface area contributed by atoms with E-state index in [1.54, 1.807) is 60.7 Å². The van der Waals surface area contributed by atoms with Crippen LogP contribution in [-0.2, 0) is 9.53 Å². The summed E-state index contributed by atoms with van der Waals surface area (Å²) in [6.07, 6.45) is 1.51. The maximum absolute atomic E-state index is 12.3. The van der Waals surface area contributed by atoms with Crippen molar-refractivity contribution in [2.75, 3.05) is 13.7 Å². The van der Waals surface area contributed by atoms with Gasteiger partial charge < -0.3 is 14.2 Å². The summed E-state index contributed by atoms with van der Waals surface area (Å²) >= 11 is 12.6. The van der Waals surface area contributed by atoms with Crippen molar-refractivity contribution in [2.45, 2.75) is 0 Å². The van der Waals surface area contributed by atoms with Crippen molar-refractivity contribution in [3.05, 3.63) is 99.2 Å². The molecule has 4 rings (SSSR count). The maximum Gasteiger partial charge on any atom is 0.363 e. The minimum absolute atomic E-state index is 0.0796. The largest absolute Gasteiger partial charge is 0.493 e. The summed E-state index contributed by atoms with van der Waals surface area (Å²) in [4.78, 5) is 28.9. The summed E-state index contributed by atoms with van der Waals surface area (Å²) < 4.78 is 16.3. The SMILES string of the molecule is COc1cc(/C=C2\N=C(c3ccccc3Cl)OC2=O)cc(Cl)c1OCC(=O)c1ccccc1. The van der Waals surface area contributed by atoms with Crippen LogP contribution in [0, 0.1) is 0 Å². The molecule has 8 heteroatoms. The molecule has 0 bridgehead atoms. The second kappa shape index (κ2) is 9.90. The fourth-order valence-electron chi connectivity index (χ4n) is 3.13. The van der Waals surface area contributed by atoms with Crippen LogP contribution in [0.1, 0.15) is 21.5 Å². The van der Waals surface area contributed by atoms with Gasteiger partial charge in [0.2, 0.25) is 5.90 Å². The van der Waals surface area contributed by atoms with Gasteiger partial charge in [0, 0.05) is 5.56 Å². The van der Waals surface area contributed by atoms with E-state index in [1.807, 2.05) is 6.07 Å². The van der Waals surface area contributed by atoms with E-state index in [0.29, 0.717) is 27.5 Å². The number of rotatable bonds is 7. The Bertz CT molecular complexity index is 1290. The number of methoxy groups -OCH3 is 1. The first-order chi connectivity index (χ1) is 16.0. The van der Waals surface area contributed by atoms with Gasteiger partial charge in [-0.15, -0.1) is 0 Å². The number of benzene rings is 3. The van der Waals surface area contributed by atoms with Crippen LogP contribution in [0.15, 0.2) is 77.4 Å². The number of esters is 1. The predicted molar refractivity (Wildman–Crippen MR) is 126 cm³/mol. The molecule has 33 heavy (non-hydrogen) atoms. The van der Waals surface area contributed by atoms with E-state index in [9.17, 15) is 9.59 Å². The number of Topliss-reactive ketones (excluding diaryl/α,β-unsaturated/α-hetero) is 1. The van der Waals surface area contributed by atoms with Gasteiger partial charge in [-0.25, -0.2) is 9.79 Å². The molecule has 6 nitrogen and oxygen atoms in total. The molecule has 0 fully saturated rings. The maximum atomic E-state index is 12.3. The highest BCUT2D eigenvalue weighted by Gasteiger charge is 2.26. The molecule has 0 saturated carbocycles. The molecular formula is C25H17Cl2NO5. The van der Waals surface area contributed by atoms with E-state index in [2.05, 4.69) is 4.99 Å². The van der Waals surface area contributed by atoms with E-state index >= 15 is 0 Å². The molecule has 0 unspecified atom stereocenters. The molecule has 1 heterocycles. The third kappa shape index (κ3) is 5.08. The fourth-order valence-corrected chi connectivity index (χ4v) is 3.62. The van der Waals surface area contributed by atoms with Gasteiger partial charge in [0.05, 0.1) is 22.7 Å². The molecule has 1 aliphatic rings. The summed E-state index contributed by atoms with van der Waals surface area (Å²) in [7, 11) is 1.45. The second-order valence-corrected chi connectivity index (χ2v) is 7.74. The monoisotopic (exact) mass is 481 g/mol. The molecule has 3 aromatic carbocycles. The van der Waals surface area contributed by atoms with Crippen LogP contribution in [0.2, 0.25) is 10.0 Å². The van der Waals surface area contributed by atoms with Crippen LogP contribution in [0.25, 0.3) is 6.08 Å². The Kier molecular flexibility index (Phi) is 6.77. The van der Waals surface area contributed by atoms with E-state index in [-0.39, 0.29) is 34.8 Å². The van der Waals surface area contributed by atoms with E-state index in [1.165, 1.54) is 13.2 Å². The lowest BCUT2D eigenvalue weighted by Crippen LogP contribution is -2.12. The Morgan fingerprint density at radius 2 is 1.76 bits per heavy atom. The number of ether oxygens (including phenoxy) is 3. The van der Waals surface area contributed by atoms with E-state index < -0.39 is 5.97 Å². The first-order valence-corrected chi connectivity index (χ1v) is 10.6. The minimum Gasteiger partial charge on any atom is -0.493 e. The van der Waals surface area contributed by atoms with Crippen molar-refractivity contribution >= 4 is 46.9 Å². The van der Waals surface area contributed by atoms with Crippen molar-refractivity contribution in [3.63, 3.8) is 0 Å². The number of halogens is 2. The zero-order chi connectivity index (χ0) is 23.4. The van der Waals surface area contributed by atoms with Crippen molar-refractivity contribution < 1.29 is 23.8 Å². The molecule has 0 aromatic heterocycles. The summed E-state index contributed by atoms with van der Waals surface area (Å²) in [5.74, 6) is -0.171. The Balaban J connectivity index is 1.57. The van der Waals surface area contributed by atoms with Crippen LogP contribution in [0.3, 0.4) is 0 Å². The zero-order valence-corrected chi connectivity index (χ0v) is 18.9. The molecule has 0 radical (unpaired) electrons. The summed E-state index contributed by atoms with van der Waals surface area (Å²) in [5, 5.41) is 0.630. The van der Waals surface area contributed by atoms with Gasteiger partial charge in [0.1, 0.15) is 0 Å². The molecule has 0 N–H and O–H groups in total. The first kappa shape index (κ1) is 22.6. The lowest BCUT2D eigenvalue weighted by molar-refractivity contribution is -0.129. The Hall–Kier alpha value is -3.61. The highest BCUT2D eigenvalue weighted by molar-refractivity contribution is 6.34. The van der Waals surface area contributed by atoms with Crippen LogP contribution in [-0.4, -0.2) is 31.4 Å². The van der Waals surface area contributed by atoms with Gasteiger partial charge in [-0.05, 0) is 35.9 Å². The van der Waals surface area contributed by atoms with Crippen molar-refractivity contribution in [2.24, 2.45) is 4.99 Å². The van der Waals surface area contributed by atoms with Gasteiger partial charge in [0.25, 0.3) is 0 Å². The number of aliphatic imine (C=N–C) groups is 1. The highest BCUT2D eigenvalue weighted by Crippen LogP contribution is 2.37. The van der Waals surface area contributed by atoms with Gasteiger partial charge in [0.15, 0.2) is 29.6 Å². The molecule has 3 aromatic rings. The van der Waals surface area contributed by atoms with Crippen molar-refractivity contribution in [1.29, 1.82) is 0 Å². The number of carbonyl (C=O) groups is 2. The van der Waals surface area contributed by atoms with Crippen LogP contribution >= 0.6 is 23.2 Å². The number of hydrogen-bond acceptors (Lipinski definition) is 6. The Labute approximate surface area is 200 Å². The van der Waals surface area contributed by atoms with E-state index in [4.69, 9.17) is 37.4 Å². The lowest BCUT2D eigenvalue weighted by Gasteiger charge is -2.13. The zero-order valence-electron chi connectivity index (χ0n) is 17.4. The summed E-state index contributed by atoms with van der Waals surface area (Å²) in [6.45, 7) is -0.210. The topological polar surface area (TPSA) is 74.2 Å². The van der Waals surface area contributed by atoms with Crippen LogP contribution < -0.4 is 9.47 Å². The number of cyclic esters (lactones) is 1. The highest BCUT2D eigenvalue weighted by atomic mass is 35.5. The normalized spacial score (nSPS) is 14.1. The third-order valence-corrected chi connectivity index (χ3v) is 5.33. The standard InChI is InChI=1S/C25H17Cl2NO5/c1-31-22-13-15(11-19(27)23(22)32-14-21(29)16-7-3-2-4-8-16)12-20-25(30)33-24(28-20)17-9-5-6-10-18(17)26/h2-13H,14H2,1H3/b20-12-. The van der Waals surface area contributed by atoms with Gasteiger partial charge in [-0.3, -0.25) is 4.79 Å². The number of nitrogens with zero attached hydrogens (tertiary/aromatic N) is 1. The fraction of sp³-hybridized carbons (Fsp3) is 0.0800. The quantitative estimate of drug-likeness (QED) is 0.249. The molecule has 166 valence electrons. The molecular weight excluding hydrogens is 465 g/mol. The Morgan fingerprint density at radius 1 is 1.03 bits per heavy atom. The van der Waals surface area contributed by atoms with Gasteiger partial charge in [-0.1, -0.05) is 65.7 Å². The summed E-state index contributed by atoms with van der Waals surface area (Å²) in [5.41, 5.74) is 1.66. The van der Waals surface area contributed by atoms with Gasteiger partial charge >= 0.3 is 5.97 Å². The predicted octanol–water partition coefficient (Wildman–Crippen LogP) is 5.61.